The first-order chi connectivity index (χ1) is 4.22. The molecule has 0 radical (unpaired) electrons. The van der Waals surface area contributed by atoms with Gasteiger partial charge in [0.25, 0.3) is 0 Å². The van der Waals surface area contributed by atoms with Gasteiger partial charge in [-0.25, -0.2) is 8.78 Å². The average Bonchev–Trinajstić information content (AvgIpc) is 2.13. The molecule has 1 rings (SSSR count). The summed E-state index contributed by atoms with van der Waals surface area (Å²) in [5.41, 5.74) is 0. The molecule has 1 aliphatic rings. The van der Waals surface area contributed by atoms with Gasteiger partial charge < -0.3 is 5.32 Å². The third-order valence-corrected chi connectivity index (χ3v) is 1.91. The first-order valence-electron chi connectivity index (χ1n) is 3.23. The van der Waals surface area contributed by atoms with E-state index < -0.39 is 12.3 Å². The van der Waals surface area contributed by atoms with Crippen LogP contribution < -0.4 is 5.32 Å². The molecule has 1 aliphatic heterocycles. The van der Waals surface area contributed by atoms with Crippen molar-refractivity contribution in [3.05, 3.63) is 0 Å². The minimum absolute atomic E-state index is 0.00463. The van der Waals surface area contributed by atoms with Crippen LogP contribution in [0.3, 0.4) is 0 Å². The smallest absolute Gasteiger partial charge is 0.242 e. The van der Waals surface area contributed by atoms with Crippen LogP contribution in [-0.2, 0) is 0 Å². The van der Waals surface area contributed by atoms with Crippen molar-refractivity contribution in [2.75, 3.05) is 6.54 Å². The van der Waals surface area contributed by atoms with E-state index >= 15 is 0 Å². The maximum Gasteiger partial charge on any atom is 0.242 e. The van der Waals surface area contributed by atoms with Gasteiger partial charge in [-0.3, -0.25) is 0 Å². The second-order valence-corrected chi connectivity index (χ2v) is 2.53. The van der Waals surface area contributed by atoms with E-state index in [1.807, 2.05) is 6.92 Å². The predicted molar refractivity (Wildman–Crippen MR) is 31.6 cm³/mol. The minimum Gasteiger partial charge on any atom is -0.314 e. The predicted octanol–water partition coefficient (Wildman–Crippen LogP) is 1.25. The Morgan fingerprint density at radius 2 is 2.22 bits per heavy atom. The summed E-state index contributed by atoms with van der Waals surface area (Å²) in [7, 11) is 0. The molecule has 1 saturated heterocycles. The Balaban J connectivity index is 2.40. The Hall–Kier alpha value is -0.180. The third-order valence-electron chi connectivity index (χ3n) is 1.91. The SMILES string of the molecule is C[C@H]1NCC[C@@H]1C(F)F. The van der Waals surface area contributed by atoms with Crippen molar-refractivity contribution in [1.82, 2.24) is 5.32 Å². The fourth-order valence-electron chi connectivity index (χ4n) is 1.22. The molecule has 3 heteroatoms. The lowest BCUT2D eigenvalue weighted by Crippen LogP contribution is -2.26. The first kappa shape index (κ1) is 6.93. The van der Waals surface area contributed by atoms with E-state index in [9.17, 15) is 8.78 Å². The van der Waals surface area contributed by atoms with Gasteiger partial charge in [0, 0.05) is 12.0 Å². The molecule has 1 heterocycles. The molecule has 2 atom stereocenters. The highest BCUT2D eigenvalue weighted by Gasteiger charge is 2.30. The van der Waals surface area contributed by atoms with Crippen molar-refractivity contribution in [3.63, 3.8) is 0 Å². The van der Waals surface area contributed by atoms with Gasteiger partial charge in [-0.05, 0) is 19.9 Å². The van der Waals surface area contributed by atoms with Gasteiger partial charge in [-0.1, -0.05) is 0 Å². The molecule has 0 amide bonds. The molecule has 0 aromatic heterocycles. The Morgan fingerprint density at radius 3 is 2.44 bits per heavy atom. The number of nitrogens with one attached hydrogen (secondary N) is 1. The summed E-state index contributed by atoms with van der Waals surface area (Å²) in [6.07, 6.45) is -1.52. The van der Waals surface area contributed by atoms with Crippen LogP contribution in [0.5, 0.6) is 0 Å². The zero-order chi connectivity index (χ0) is 6.85. The summed E-state index contributed by atoms with van der Waals surface area (Å²) in [6.45, 7) is 2.56. The van der Waals surface area contributed by atoms with Crippen molar-refractivity contribution in [3.8, 4) is 0 Å². The van der Waals surface area contributed by atoms with E-state index in [1.165, 1.54) is 0 Å². The van der Waals surface area contributed by atoms with Gasteiger partial charge in [0.1, 0.15) is 0 Å². The van der Waals surface area contributed by atoms with E-state index in [4.69, 9.17) is 0 Å². The molecule has 9 heavy (non-hydrogen) atoms. The second kappa shape index (κ2) is 2.60. The highest BCUT2D eigenvalue weighted by molar-refractivity contribution is 4.81. The largest absolute Gasteiger partial charge is 0.314 e. The Kier molecular flexibility index (Phi) is 2.01. The van der Waals surface area contributed by atoms with E-state index in [0.29, 0.717) is 6.42 Å². The van der Waals surface area contributed by atoms with Gasteiger partial charge in [-0.15, -0.1) is 0 Å². The number of hydrogen-bond donors (Lipinski definition) is 1. The lowest BCUT2D eigenvalue weighted by molar-refractivity contribution is 0.0733. The van der Waals surface area contributed by atoms with Gasteiger partial charge in [-0.2, -0.15) is 0 Å². The standard InChI is InChI=1S/C6H11F2N/c1-4-5(6(7)8)2-3-9-4/h4-6,9H,2-3H2,1H3/t4-,5+/m1/s1. The summed E-state index contributed by atoms with van der Waals surface area (Å²) in [5, 5.41) is 2.97. The van der Waals surface area contributed by atoms with Crippen LogP contribution >= 0.6 is 0 Å². The molecule has 0 aromatic carbocycles. The summed E-state index contributed by atoms with van der Waals surface area (Å²) in [5.74, 6) is -0.412. The van der Waals surface area contributed by atoms with Crippen LogP contribution in [0.1, 0.15) is 13.3 Å². The molecule has 0 aromatic rings. The van der Waals surface area contributed by atoms with Gasteiger partial charge >= 0.3 is 0 Å². The highest BCUT2D eigenvalue weighted by atomic mass is 19.3. The maximum atomic E-state index is 12.0. The van der Waals surface area contributed by atoms with Gasteiger partial charge in [0.05, 0.1) is 0 Å². The molecule has 0 unspecified atom stereocenters. The topological polar surface area (TPSA) is 12.0 Å². The third kappa shape index (κ3) is 1.39. The molecule has 1 fully saturated rings. The average molecular weight is 135 g/mol. The molecule has 1 N–H and O–H groups in total. The fourth-order valence-corrected chi connectivity index (χ4v) is 1.22. The van der Waals surface area contributed by atoms with Crippen LogP contribution in [0.2, 0.25) is 0 Å². The summed E-state index contributed by atoms with van der Waals surface area (Å²) in [4.78, 5) is 0. The zero-order valence-corrected chi connectivity index (χ0v) is 5.40. The van der Waals surface area contributed by atoms with Crippen molar-refractivity contribution in [2.45, 2.75) is 25.8 Å². The number of alkyl halides is 2. The Morgan fingerprint density at radius 1 is 1.56 bits per heavy atom. The van der Waals surface area contributed by atoms with Crippen LogP contribution in [0.4, 0.5) is 8.78 Å². The summed E-state index contributed by atoms with van der Waals surface area (Å²) >= 11 is 0. The van der Waals surface area contributed by atoms with Crippen molar-refractivity contribution in [2.24, 2.45) is 5.92 Å². The lowest BCUT2D eigenvalue weighted by atomic mass is 10.0. The molecule has 0 saturated carbocycles. The van der Waals surface area contributed by atoms with E-state index in [-0.39, 0.29) is 6.04 Å². The lowest BCUT2D eigenvalue weighted by Gasteiger charge is -2.12. The molecule has 54 valence electrons. The monoisotopic (exact) mass is 135 g/mol. The molecule has 0 bridgehead atoms. The Labute approximate surface area is 53.4 Å². The van der Waals surface area contributed by atoms with Crippen LogP contribution in [-0.4, -0.2) is 19.0 Å². The van der Waals surface area contributed by atoms with Crippen molar-refractivity contribution in [1.29, 1.82) is 0 Å². The summed E-state index contributed by atoms with van der Waals surface area (Å²) < 4.78 is 23.9. The van der Waals surface area contributed by atoms with Crippen LogP contribution in [0.15, 0.2) is 0 Å². The number of hydrogen-bond acceptors (Lipinski definition) is 1. The molecular formula is C6H11F2N. The van der Waals surface area contributed by atoms with E-state index in [1.54, 1.807) is 0 Å². The quantitative estimate of drug-likeness (QED) is 0.570. The fraction of sp³-hybridized carbons (Fsp3) is 1.00. The highest BCUT2D eigenvalue weighted by Crippen LogP contribution is 2.21. The van der Waals surface area contributed by atoms with Crippen molar-refractivity contribution >= 4 is 0 Å². The Bertz CT molecular complexity index is 95.1. The molecular weight excluding hydrogens is 124 g/mol. The molecule has 0 aliphatic carbocycles. The van der Waals surface area contributed by atoms with E-state index in [2.05, 4.69) is 5.32 Å². The first-order valence-corrected chi connectivity index (χ1v) is 3.23. The number of rotatable bonds is 1. The molecule has 1 nitrogen and oxygen atoms in total. The van der Waals surface area contributed by atoms with Gasteiger partial charge in [0.2, 0.25) is 6.43 Å². The second-order valence-electron chi connectivity index (χ2n) is 2.53. The van der Waals surface area contributed by atoms with E-state index in [0.717, 1.165) is 6.54 Å². The molecule has 0 spiro atoms. The van der Waals surface area contributed by atoms with Crippen LogP contribution in [0.25, 0.3) is 0 Å². The van der Waals surface area contributed by atoms with Crippen molar-refractivity contribution < 1.29 is 8.78 Å². The minimum atomic E-state index is -2.14. The van der Waals surface area contributed by atoms with Crippen LogP contribution in [0, 0.1) is 5.92 Å². The maximum absolute atomic E-state index is 12.0. The van der Waals surface area contributed by atoms with Gasteiger partial charge in [0.15, 0.2) is 0 Å². The zero-order valence-electron chi connectivity index (χ0n) is 5.40. The number of halogens is 2. The normalized spacial score (nSPS) is 36.0. The summed E-state index contributed by atoms with van der Waals surface area (Å²) in [6, 6.07) is 0.00463.